The molecule has 2 heteroatoms. The van der Waals surface area contributed by atoms with Gasteiger partial charge in [-0.1, -0.05) is 31.2 Å². The van der Waals surface area contributed by atoms with Crippen LogP contribution in [0.1, 0.15) is 19.8 Å². The van der Waals surface area contributed by atoms with Crippen LogP contribution in [0.4, 0.5) is 0 Å². The van der Waals surface area contributed by atoms with Gasteiger partial charge in [-0.3, -0.25) is 4.79 Å². The molecule has 11 heavy (non-hydrogen) atoms. The van der Waals surface area contributed by atoms with E-state index in [1.54, 1.807) is 0 Å². The molecule has 1 aliphatic rings. The molecule has 0 bridgehead atoms. The lowest BCUT2D eigenvalue weighted by molar-refractivity contribution is -0.138. The zero-order valence-corrected chi connectivity index (χ0v) is 6.58. The average molecular weight is 152 g/mol. The molecule has 1 unspecified atom stereocenters. The second-order valence-electron chi connectivity index (χ2n) is 3.22. The number of aliphatic carboxylic acids is 1. The normalized spacial score (nSPS) is 28.8. The highest BCUT2D eigenvalue weighted by atomic mass is 16.4. The molecule has 0 spiro atoms. The van der Waals surface area contributed by atoms with Gasteiger partial charge in [0, 0.05) is 0 Å². The maximum atomic E-state index is 10.4. The van der Waals surface area contributed by atoms with E-state index in [1.165, 1.54) is 0 Å². The predicted octanol–water partition coefficient (Wildman–Crippen LogP) is 1.98. The number of hydrogen-bond donors (Lipinski definition) is 1. The molecule has 0 radical (unpaired) electrons. The molecule has 0 saturated heterocycles. The summed E-state index contributed by atoms with van der Waals surface area (Å²) in [6, 6.07) is 0. The summed E-state index contributed by atoms with van der Waals surface area (Å²) in [5.74, 6) is -0.729. The highest BCUT2D eigenvalue weighted by Crippen LogP contribution is 2.30. The van der Waals surface area contributed by atoms with Crippen LogP contribution in [-0.4, -0.2) is 11.1 Å². The van der Waals surface area contributed by atoms with Crippen molar-refractivity contribution in [2.45, 2.75) is 19.8 Å². The maximum absolute atomic E-state index is 10.4. The lowest BCUT2D eigenvalue weighted by Crippen LogP contribution is -2.18. The Morgan fingerprint density at radius 2 is 2.36 bits per heavy atom. The van der Waals surface area contributed by atoms with Crippen molar-refractivity contribution in [3.8, 4) is 0 Å². The van der Waals surface area contributed by atoms with Gasteiger partial charge in [-0.2, -0.15) is 0 Å². The molecule has 2 nitrogen and oxygen atoms in total. The predicted molar refractivity (Wildman–Crippen MR) is 43.3 cm³/mol. The number of carboxylic acids is 1. The SMILES string of the molecule is CC1(CC(=O)O)C=CC=CC1. The molecule has 0 aromatic carbocycles. The second-order valence-corrected chi connectivity index (χ2v) is 3.22. The van der Waals surface area contributed by atoms with Gasteiger partial charge in [-0.15, -0.1) is 0 Å². The lowest BCUT2D eigenvalue weighted by Gasteiger charge is -2.23. The second kappa shape index (κ2) is 2.91. The molecular weight excluding hydrogens is 140 g/mol. The van der Waals surface area contributed by atoms with Crippen molar-refractivity contribution < 1.29 is 9.90 Å². The van der Waals surface area contributed by atoms with Crippen molar-refractivity contribution in [2.24, 2.45) is 5.41 Å². The van der Waals surface area contributed by atoms with Crippen LogP contribution in [0.3, 0.4) is 0 Å². The van der Waals surface area contributed by atoms with Crippen LogP contribution in [0, 0.1) is 5.41 Å². The number of carbonyl (C=O) groups is 1. The highest BCUT2D eigenvalue weighted by Gasteiger charge is 2.23. The van der Waals surface area contributed by atoms with Gasteiger partial charge < -0.3 is 5.11 Å². The first-order chi connectivity index (χ1) is 5.12. The van der Waals surface area contributed by atoms with Crippen molar-refractivity contribution in [2.75, 3.05) is 0 Å². The van der Waals surface area contributed by atoms with Gasteiger partial charge in [0.1, 0.15) is 0 Å². The van der Waals surface area contributed by atoms with Crippen molar-refractivity contribution >= 4 is 5.97 Å². The molecule has 0 aromatic heterocycles. The number of rotatable bonds is 2. The van der Waals surface area contributed by atoms with Crippen molar-refractivity contribution in [3.63, 3.8) is 0 Å². The fourth-order valence-electron chi connectivity index (χ4n) is 1.25. The Morgan fingerprint density at radius 1 is 1.64 bits per heavy atom. The quantitative estimate of drug-likeness (QED) is 0.657. The van der Waals surface area contributed by atoms with Gasteiger partial charge in [-0.25, -0.2) is 0 Å². The first-order valence-electron chi connectivity index (χ1n) is 3.69. The zero-order valence-electron chi connectivity index (χ0n) is 6.58. The Labute approximate surface area is 66.2 Å². The molecule has 0 saturated carbocycles. The Bertz CT molecular complexity index is 216. The lowest BCUT2D eigenvalue weighted by atomic mass is 9.81. The highest BCUT2D eigenvalue weighted by molar-refractivity contribution is 5.68. The van der Waals surface area contributed by atoms with E-state index in [1.807, 2.05) is 31.2 Å². The van der Waals surface area contributed by atoms with E-state index < -0.39 is 5.97 Å². The summed E-state index contributed by atoms with van der Waals surface area (Å²) in [4.78, 5) is 10.4. The minimum atomic E-state index is -0.729. The molecule has 0 aliphatic heterocycles. The van der Waals surface area contributed by atoms with E-state index in [0.717, 1.165) is 6.42 Å². The monoisotopic (exact) mass is 152 g/mol. The largest absolute Gasteiger partial charge is 0.481 e. The first-order valence-corrected chi connectivity index (χ1v) is 3.69. The zero-order chi connectivity index (χ0) is 8.32. The van der Waals surface area contributed by atoms with E-state index in [0.29, 0.717) is 0 Å². The summed E-state index contributed by atoms with van der Waals surface area (Å²) < 4.78 is 0. The van der Waals surface area contributed by atoms with Crippen molar-refractivity contribution in [1.29, 1.82) is 0 Å². The Hall–Kier alpha value is -1.05. The standard InChI is InChI=1S/C9H12O2/c1-9(7-8(10)11)5-3-2-4-6-9/h2-5H,6-7H2,1H3,(H,10,11). The summed E-state index contributed by atoms with van der Waals surface area (Å²) in [6.07, 6.45) is 8.86. The summed E-state index contributed by atoms with van der Waals surface area (Å²) in [5.41, 5.74) is -0.166. The van der Waals surface area contributed by atoms with E-state index in [4.69, 9.17) is 5.11 Å². The van der Waals surface area contributed by atoms with Crippen molar-refractivity contribution in [1.82, 2.24) is 0 Å². The first kappa shape index (κ1) is 8.05. The summed E-state index contributed by atoms with van der Waals surface area (Å²) in [7, 11) is 0. The van der Waals surface area contributed by atoms with E-state index in [9.17, 15) is 4.79 Å². The molecule has 1 aliphatic carbocycles. The summed E-state index contributed by atoms with van der Waals surface area (Å²) >= 11 is 0. The molecule has 1 rings (SSSR count). The molecule has 60 valence electrons. The van der Waals surface area contributed by atoms with Crippen LogP contribution < -0.4 is 0 Å². The van der Waals surface area contributed by atoms with E-state index in [2.05, 4.69) is 0 Å². The van der Waals surface area contributed by atoms with Crippen molar-refractivity contribution in [3.05, 3.63) is 24.3 Å². The number of hydrogen-bond acceptors (Lipinski definition) is 1. The Morgan fingerprint density at radius 3 is 2.82 bits per heavy atom. The molecule has 0 aromatic rings. The van der Waals surface area contributed by atoms with Crippen LogP contribution in [0.25, 0.3) is 0 Å². The molecule has 0 amide bonds. The molecular formula is C9H12O2. The summed E-state index contributed by atoms with van der Waals surface area (Å²) in [6.45, 7) is 1.96. The smallest absolute Gasteiger partial charge is 0.304 e. The van der Waals surface area contributed by atoms with Crippen LogP contribution >= 0.6 is 0 Å². The van der Waals surface area contributed by atoms with Gasteiger partial charge in [0.15, 0.2) is 0 Å². The van der Waals surface area contributed by atoms with E-state index in [-0.39, 0.29) is 11.8 Å². The minimum Gasteiger partial charge on any atom is -0.481 e. The fourth-order valence-corrected chi connectivity index (χ4v) is 1.25. The topological polar surface area (TPSA) is 37.3 Å². The van der Waals surface area contributed by atoms with Crippen LogP contribution in [-0.2, 0) is 4.79 Å². The van der Waals surface area contributed by atoms with Gasteiger partial charge in [0.2, 0.25) is 0 Å². The number of allylic oxidation sites excluding steroid dienone is 4. The minimum absolute atomic E-state index is 0.166. The Balaban J connectivity index is 2.61. The molecule has 1 atom stereocenters. The van der Waals surface area contributed by atoms with E-state index >= 15 is 0 Å². The third-order valence-corrected chi connectivity index (χ3v) is 1.89. The third kappa shape index (κ3) is 2.22. The van der Waals surface area contributed by atoms with Gasteiger partial charge in [0.05, 0.1) is 6.42 Å². The Kier molecular flexibility index (Phi) is 2.13. The van der Waals surface area contributed by atoms with Gasteiger partial charge in [0.25, 0.3) is 0 Å². The average Bonchev–Trinajstić information content (AvgIpc) is 1.85. The van der Waals surface area contributed by atoms with Gasteiger partial charge >= 0.3 is 5.97 Å². The van der Waals surface area contributed by atoms with Crippen LogP contribution in [0.2, 0.25) is 0 Å². The number of carboxylic acid groups (broad SMARTS) is 1. The van der Waals surface area contributed by atoms with Gasteiger partial charge in [-0.05, 0) is 11.8 Å². The summed E-state index contributed by atoms with van der Waals surface area (Å²) in [5, 5.41) is 8.57. The van der Waals surface area contributed by atoms with Crippen LogP contribution in [0.5, 0.6) is 0 Å². The molecule has 1 N–H and O–H groups in total. The molecule has 0 heterocycles. The molecule has 0 fully saturated rings. The third-order valence-electron chi connectivity index (χ3n) is 1.89. The fraction of sp³-hybridized carbons (Fsp3) is 0.444. The maximum Gasteiger partial charge on any atom is 0.304 e. The van der Waals surface area contributed by atoms with Crippen LogP contribution in [0.15, 0.2) is 24.3 Å².